The van der Waals surface area contributed by atoms with Crippen molar-refractivity contribution in [3.05, 3.63) is 11.5 Å². The van der Waals surface area contributed by atoms with Crippen LogP contribution < -0.4 is 10.6 Å². The maximum atomic E-state index is 11.0. The van der Waals surface area contributed by atoms with Crippen LogP contribution in [0.4, 0.5) is 0 Å². The Morgan fingerprint density at radius 3 is 2.79 bits per heavy atom. The Morgan fingerprint density at radius 2 is 2.29 bits per heavy atom. The fourth-order valence-electron chi connectivity index (χ4n) is 1.20. The standard InChI is InChI=1S/C8H14N2O3S/c1-9-8(11)2-4-10-7-3-5-14(12,13)6-7/h3,5,7,10H,2,4,6H2,1H3,(H,9,11). The molecule has 1 heterocycles. The second-order valence-electron chi connectivity index (χ2n) is 3.14. The number of hydrogen-bond donors (Lipinski definition) is 2. The molecule has 1 aliphatic heterocycles. The van der Waals surface area contributed by atoms with Crippen LogP contribution in [0.15, 0.2) is 11.5 Å². The Kier molecular flexibility index (Phi) is 3.65. The fraction of sp³-hybridized carbons (Fsp3) is 0.625. The van der Waals surface area contributed by atoms with Gasteiger partial charge in [-0.25, -0.2) is 8.42 Å². The third-order valence-corrected chi connectivity index (χ3v) is 3.36. The summed E-state index contributed by atoms with van der Waals surface area (Å²) in [6.45, 7) is 0.490. The SMILES string of the molecule is CNC(=O)CCNC1C=CS(=O)(=O)C1. The Morgan fingerprint density at radius 1 is 1.57 bits per heavy atom. The lowest BCUT2D eigenvalue weighted by Crippen LogP contribution is -2.33. The molecule has 80 valence electrons. The fourth-order valence-corrected chi connectivity index (χ4v) is 2.47. The highest BCUT2D eigenvalue weighted by Gasteiger charge is 2.20. The van der Waals surface area contributed by atoms with Gasteiger partial charge in [-0.3, -0.25) is 4.79 Å². The van der Waals surface area contributed by atoms with Crippen molar-refractivity contribution in [3.8, 4) is 0 Å². The summed E-state index contributed by atoms with van der Waals surface area (Å²) in [5, 5.41) is 6.68. The van der Waals surface area contributed by atoms with Crippen LogP contribution in [0.1, 0.15) is 6.42 Å². The van der Waals surface area contributed by atoms with Crippen LogP contribution in [-0.4, -0.2) is 39.7 Å². The first-order valence-electron chi connectivity index (χ1n) is 4.38. The molecule has 0 fully saturated rings. The number of carbonyl (C=O) groups is 1. The van der Waals surface area contributed by atoms with Crippen LogP contribution in [0.2, 0.25) is 0 Å². The van der Waals surface area contributed by atoms with Crippen molar-refractivity contribution in [3.63, 3.8) is 0 Å². The number of rotatable bonds is 4. The predicted molar refractivity (Wildman–Crippen MR) is 53.4 cm³/mol. The molecular formula is C8H14N2O3S. The zero-order valence-corrected chi connectivity index (χ0v) is 8.80. The molecule has 0 bridgehead atoms. The average molecular weight is 218 g/mol. The van der Waals surface area contributed by atoms with Gasteiger partial charge in [0, 0.05) is 31.5 Å². The van der Waals surface area contributed by atoms with Crippen molar-refractivity contribution in [2.45, 2.75) is 12.5 Å². The van der Waals surface area contributed by atoms with Crippen LogP contribution in [-0.2, 0) is 14.6 Å². The molecule has 0 aromatic rings. The van der Waals surface area contributed by atoms with E-state index in [2.05, 4.69) is 10.6 Å². The summed E-state index contributed by atoms with van der Waals surface area (Å²) in [6, 6.07) is -0.148. The molecule has 0 aromatic carbocycles. The molecule has 0 radical (unpaired) electrons. The quantitative estimate of drug-likeness (QED) is 0.636. The Hall–Kier alpha value is -0.880. The maximum Gasteiger partial charge on any atom is 0.221 e. The lowest BCUT2D eigenvalue weighted by molar-refractivity contribution is -0.120. The van der Waals surface area contributed by atoms with Crippen molar-refractivity contribution in [1.82, 2.24) is 10.6 Å². The van der Waals surface area contributed by atoms with Crippen LogP contribution in [0.3, 0.4) is 0 Å². The van der Waals surface area contributed by atoms with E-state index >= 15 is 0 Å². The van der Waals surface area contributed by atoms with E-state index in [1.54, 1.807) is 13.1 Å². The van der Waals surface area contributed by atoms with Crippen LogP contribution in [0, 0.1) is 0 Å². The summed E-state index contributed by atoms with van der Waals surface area (Å²) in [7, 11) is -1.42. The molecule has 0 aliphatic carbocycles. The third-order valence-electron chi connectivity index (χ3n) is 1.97. The molecule has 1 amide bonds. The molecular weight excluding hydrogens is 204 g/mol. The first-order valence-corrected chi connectivity index (χ1v) is 6.10. The van der Waals surface area contributed by atoms with E-state index < -0.39 is 9.84 Å². The number of hydrogen-bond acceptors (Lipinski definition) is 4. The maximum absolute atomic E-state index is 11.0. The largest absolute Gasteiger partial charge is 0.359 e. The first-order chi connectivity index (χ1) is 6.53. The third kappa shape index (κ3) is 3.47. The van der Waals surface area contributed by atoms with E-state index in [-0.39, 0.29) is 17.7 Å². The molecule has 0 saturated heterocycles. The van der Waals surface area contributed by atoms with Gasteiger partial charge in [0.1, 0.15) is 0 Å². The van der Waals surface area contributed by atoms with Crippen molar-refractivity contribution >= 4 is 15.7 Å². The molecule has 0 aromatic heterocycles. The summed E-state index contributed by atoms with van der Waals surface area (Å²) in [4.78, 5) is 10.8. The van der Waals surface area contributed by atoms with Gasteiger partial charge in [0.2, 0.25) is 5.91 Å². The van der Waals surface area contributed by atoms with Gasteiger partial charge in [-0.05, 0) is 0 Å². The molecule has 5 nitrogen and oxygen atoms in total. The van der Waals surface area contributed by atoms with E-state index in [1.165, 1.54) is 5.41 Å². The monoisotopic (exact) mass is 218 g/mol. The van der Waals surface area contributed by atoms with E-state index in [0.29, 0.717) is 13.0 Å². The van der Waals surface area contributed by atoms with Crippen molar-refractivity contribution < 1.29 is 13.2 Å². The molecule has 0 saturated carbocycles. The van der Waals surface area contributed by atoms with Gasteiger partial charge in [-0.2, -0.15) is 0 Å². The number of carbonyl (C=O) groups excluding carboxylic acids is 1. The van der Waals surface area contributed by atoms with Gasteiger partial charge in [-0.15, -0.1) is 0 Å². The zero-order chi connectivity index (χ0) is 10.6. The lowest BCUT2D eigenvalue weighted by Gasteiger charge is -2.08. The molecule has 1 atom stereocenters. The highest BCUT2D eigenvalue weighted by atomic mass is 32.2. The normalized spacial score (nSPS) is 23.6. The van der Waals surface area contributed by atoms with Gasteiger partial charge >= 0.3 is 0 Å². The average Bonchev–Trinajstić information content (AvgIpc) is 2.45. The van der Waals surface area contributed by atoms with Gasteiger partial charge in [-0.1, -0.05) is 6.08 Å². The summed E-state index contributed by atoms with van der Waals surface area (Å²) in [5.41, 5.74) is 0. The van der Waals surface area contributed by atoms with E-state index in [1.807, 2.05) is 0 Å². The second kappa shape index (κ2) is 4.56. The predicted octanol–water partition coefficient (Wildman–Crippen LogP) is -0.977. The number of amides is 1. The lowest BCUT2D eigenvalue weighted by atomic mass is 10.3. The van der Waals surface area contributed by atoms with Crippen LogP contribution >= 0.6 is 0 Å². The highest BCUT2D eigenvalue weighted by molar-refractivity contribution is 7.94. The summed E-state index contributed by atoms with van der Waals surface area (Å²) < 4.78 is 22.0. The molecule has 1 rings (SSSR count). The smallest absolute Gasteiger partial charge is 0.221 e. The van der Waals surface area contributed by atoms with Crippen LogP contribution in [0.5, 0.6) is 0 Å². The Balaban J connectivity index is 2.22. The molecule has 2 N–H and O–H groups in total. The zero-order valence-electron chi connectivity index (χ0n) is 7.99. The van der Waals surface area contributed by atoms with Gasteiger partial charge in [0.15, 0.2) is 9.84 Å². The van der Waals surface area contributed by atoms with Gasteiger partial charge in [0.25, 0.3) is 0 Å². The molecule has 6 heteroatoms. The minimum Gasteiger partial charge on any atom is -0.359 e. The topological polar surface area (TPSA) is 75.3 Å². The number of nitrogens with one attached hydrogen (secondary N) is 2. The second-order valence-corrected chi connectivity index (χ2v) is 5.07. The number of sulfone groups is 1. The van der Waals surface area contributed by atoms with E-state index in [4.69, 9.17) is 0 Å². The first kappa shape index (κ1) is 11.2. The van der Waals surface area contributed by atoms with E-state index in [0.717, 1.165) is 0 Å². The highest BCUT2D eigenvalue weighted by Crippen LogP contribution is 2.07. The Bertz CT molecular complexity index is 334. The van der Waals surface area contributed by atoms with Crippen LogP contribution in [0.25, 0.3) is 0 Å². The van der Waals surface area contributed by atoms with E-state index in [9.17, 15) is 13.2 Å². The minimum absolute atomic E-state index is 0.0534. The van der Waals surface area contributed by atoms with Crippen molar-refractivity contribution in [2.75, 3.05) is 19.3 Å². The minimum atomic E-state index is -3.00. The van der Waals surface area contributed by atoms with Gasteiger partial charge < -0.3 is 10.6 Å². The summed E-state index contributed by atoms with van der Waals surface area (Å²) >= 11 is 0. The van der Waals surface area contributed by atoms with Gasteiger partial charge in [0.05, 0.1) is 5.75 Å². The molecule has 1 aliphatic rings. The van der Waals surface area contributed by atoms with Crippen molar-refractivity contribution in [1.29, 1.82) is 0 Å². The molecule has 1 unspecified atom stereocenters. The summed E-state index contributed by atoms with van der Waals surface area (Å²) in [5.74, 6) is 0.0446. The summed E-state index contributed by atoms with van der Waals surface area (Å²) in [6.07, 6.45) is 1.97. The molecule has 0 spiro atoms. The Labute approximate surface area is 83.5 Å². The van der Waals surface area contributed by atoms with Crippen molar-refractivity contribution in [2.24, 2.45) is 0 Å². The molecule has 14 heavy (non-hydrogen) atoms.